The van der Waals surface area contributed by atoms with Crippen LogP contribution in [-0.4, -0.2) is 67.6 Å². The number of amides is 2. The predicted octanol–water partition coefficient (Wildman–Crippen LogP) is 3.03. The number of fused-ring (bicyclic) bond motifs is 1. The van der Waals surface area contributed by atoms with Crippen LogP contribution >= 0.6 is 0 Å². The molecule has 3 fully saturated rings. The van der Waals surface area contributed by atoms with E-state index in [0.29, 0.717) is 38.5 Å². The lowest BCUT2D eigenvalue weighted by molar-refractivity contribution is -0.140. The van der Waals surface area contributed by atoms with E-state index >= 15 is 0 Å². The number of piperidine rings is 2. The van der Waals surface area contributed by atoms with Gasteiger partial charge in [0.15, 0.2) is 5.78 Å². The van der Waals surface area contributed by atoms with Crippen LogP contribution in [0.25, 0.3) is 0 Å². The topological polar surface area (TPSA) is 59.1 Å². The average Bonchev–Trinajstić information content (AvgIpc) is 2.75. The lowest BCUT2D eigenvalue weighted by Crippen LogP contribution is -2.54. The van der Waals surface area contributed by atoms with E-state index in [4.69, 9.17) is 9.47 Å². The van der Waals surface area contributed by atoms with Crippen LogP contribution in [0.5, 0.6) is 0 Å². The van der Waals surface area contributed by atoms with Gasteiger partial charge in [-0.05, 0) is 42.9 Å². The molecule has 0 aromatic heterocycles. The van der Waals surface area contributed by atoms with Crippen LogP contribution in [0, 0.1) is 17.7 Å². The maximum absolute atomic E-state index is 13.2. The van der Waals surface area contributed by atoms with Crippen molar-refractivity contribution < 1.29 is 23.5 Å². The highest BCUT2D eigenvalue weighted by Gasteiger charge is 2.38. The lowest BCUT2D eigenvalue weighted by Gasteiger charge is -2.43. The third kappa shape index (κ3) is 4.46. The minimum Gasteiger partial charge on any atom is -0.376 e. The summed E-state index contributed by atoms with van der Waals surface area (Å²) >= 11 is 0. The van der Waals surface area contributed by atoms with Crippen molar-refractivity contribution in [3.05, 3.63) is 35.6 Å². The number of urea groups is 1. The summed E-state index contributed by atoms with van der Waals surface area (Å²) < 4.78 is 24.6. The minimum absolute atomic E-state index is 0.0654. The van der Waals surface area contributed by atoms with E-state index < -0.39 is 0 Å². The van der Waals surface area contributed by atoms with Crippen LogP contribution in [0.4, 0.5) is 9.18 Å². The molecule has 1 aromatic rings. The van der Waals surface area contributed by atoms with Crippen molar-refractivity contribution in [3.8, 4) is 0 Å². The Morgan fingerprint density at radius 1 is 1.14 bits per heavy atom. The highest BCUT2D eigenvalue weighted by molar-refractivity contribution is 5.81. The SMILES string of the molecule is COC(c1ccc(F)cc1)C1CCN(C(=O)N2CC[C@@H]3OCC(=O)C[C@@H]3C2)CC1. The molecule has 3 saturated heterocycles. The average molecular weight is 404 g/mol. The molecule has 29 heavy (non-hydrogen) atoms. The van der Waals surface area contributed by atoms with Crippen LogP contribution in [0.15, 0.2) is 24.3 Å². The Morgan fingerprint density at radius 2 is 1.83 bits per heavy atom. The molecule has 3 atom stereocenters. The molecule has 158 valence electrons. The number of hydrogen-bond acceptors (Lipinski definition) is 4. The van der Waals surface area contributed by atoms with Crippen molar-refractivity contribution in [2.75, 3.05) is 39.9 Å². The van der Waals surface area contributed by atoms with Gasteiger partial charge in [-0.3, -0.25) is 4.79 Å². The van der Waals surface area contributed by atoms with Crippen LogP contribution in [0.3, 0.4) is 0 Å². The van der Waals surface area contributed by atoms with E-state index in [1.807, 2.05) is 9.80 Å². The number of ether oxygens (including phenoxy) is 2. The summed E-state index contributed by atoms with van der Waals surface area (Å²) in [6.07, 6.45) is 3.04. The van der Waals surface area contributed by atoms with Crippen molar-refractivity contribution in [1.29, 1.82) is 0 Å². The van der Waals surface area contributed by atoms with Gasteiger partial charge in [-0.15, -0.1) is 0 Å². The number of hydrogen-bond donors (Lipinski definition) is 0. The number of carbonyl (C=O) groups excluding carboxylic acids is 2. The van der Waals surface area contributed by atoms with E-state index in [1.165, 1.54) is 12.1 Å². The van der Waals surface area contributed by atoms with E-state index in [2.05, 4.69) is 0 Å². The number of likely N-dealkylation sites (tertiary alicyclic amines) is 2. The lowest BCUT2D eigenvalue weighted by atomic mass is 9.87. The van der Waals surface area contributed by atoms with Crippen LogP contribution < -0.4 is 0 Å². The molecule has 0 saturated carbocycles. The second-order valence-corrected chi connectivity index (χ2v) is 8.40. The smallest absolute Gasteiger partial charge is 0.320 e. The number of carbonyl (C=O) groups is 2. The molecule has 3 heterocycles. The first kappa shape index (κ1) is 20.3. The zero-order chi connectivity index (χ0) is 20.4. The maximum Gasteiger partial charge on any atom is 0.320 e. The van der Waals surface area contributed by atoms with Crippen LogP contribution in [0.1, 0.15) is 37.4 Å². The van der Waals surface area contributed by atoms with Gasteiger partial charge in [0.1, 0.15) is 12.4 Å². The third-order valence-corrected chi connectivity index (χ3v) is 6.57. The second-order valence-electron chi connectivity index (χ2n) is 8.40. The largest absolute Gasteiger partial charge is 0.376 e. The van der Waals surface area contributed by atoms with E-state index in [1.54, 1.807) is 19.2 Å². The molecule has 0 radical (unpaired) electrons. The molecule has 7 heteroatoms. The molecule has 0 N–H and O–H groups in total. The molecule has 3 aliphatic heterocycles. The van der Waals surface area contributed by atoms with Crippen molar-refractivity contribution >= 4 is 11.8 Å². The third-order valence-electron chi connectivity index (χ3n) is 6.57. The second kappa shape index (κ2) is 8.79. The summed E-state index contributed by atoms with van der Waals surface area (Å²) in [5, 5.41) is 0. The first-order valence-electron chi connectivity index (χ1n) is 10.5. The number of rotatable bonds is 3. The summed E-state index contributed by atoms with van der Waals surface area (Å²) in [6.45, 7) is 2.88. The summed E-state index contributed by atoms with van der Waals surface area (Å²) in [5.41, 5.74) is 0.975. The quantitative estimate of drug-likeness (QED) is 0.777. The van der Waals surface area contributed by atoms with Gasteiger partial charge in [0.05, 0.1) is 12.2 Å². The van der Waals surface area contributed by atoms with Gasteiger partial charge >= 0.3 is 6.03 Å². The number of Topliss-reactive ketones (excluding diaryl/α,β-unsaturated/α-hetero) is 1. The van der Waals surface area contributed by atoms with Crippen molar-refractivity contribution in [2.24, 2.45) is 11.8 Å². The molecule has 0 bridgehead atoms. The predicted molar refractivity (Wildman–Crippen MR) is 105 cm³/mol. The van der Waals surface area contributed by atoms with Crippen LogP contribution in [-0.2, 0) is 14.3 Å². The summed E-state index contributed by atoms with van der Waals surface area (Å²) in [4.78, 5) is 28.5. The monoisotopic (exact) mass is 404 g/mol. The maximum atomic E-state index is 13.2. The summed E-state index contributed by atoms with van der Waals surface area (Å²) in [5.74, 6) is 0.304. The minimum atomic E-state index is -0.252. The van der Waals surface area contributed by atoms with Gasteiger partial charge < -0.3 is 19.3 Å². The van der Waals surface area contributed by atoms with Gasteiger partial charge in [-0.25, -0.2) is 9.18 Å². The Morgan fingerprint density at radius 3 is 2.52 bits per heavy atom. The van der Waals surface area contributed by atoms with E-state index in [0.717, 1.165) is 24.8 Å². The Kier molecular flexibility index (Phi) is 6.15. The summed E-state index contributed by atoms with van der Waals surface area (Å²) in [6, 6.07) is 6.54. The first-order chi connectivity index (χ1) is 14.0. The van der Waals surface area contributed by atoms with E-state index in [-0.39, 0.29) is 42.4 Å². The number of nitrogens with zero attached hydrogens (tertiary/aromatic N) is 2. The zero-order valence-corrected chi connectivity index (χ0v) is 16.9. The fraction of sp³-hybridized carbons (Fsp3) is 0.636. The fourth-order valence-electron chi connectivity index (χ4n) is 5.00. The van der Waals surface area contributed by atoms with Crippen LogP contribution in [0.2, 0.25) is 0 Å². The van der Waals surface area contributed by atoms with Gasteiger partial charge in [0.25, 0.3) is 0 Å². The van der Waals surface area contributed by atoms with Gasteiger partial charge in [0.2, 0.25) is 0 Å². The Labute approximate surface area is 170 Å². The molecule has 1 unspecified atom stereocenters. The Bertz CT molecular complexity index is 733. The summed E-state index contributed by atoms with van der Waals surface area (Å²) in [7, 11) is 1.68. The first-order valence-corrected chi connectivity index (χ1v) is 10.5. The standard InChI is InChI=1S/C22H29FN2O4/c1-28-21(15-2-4-18(23)5-3-15)16-6-9-24(10-7-16)22(27)25-11-8-20-17(13-25)12-19(26)14-29-20/h2-5,16-17,20-21H,6-14H2,1H3/t17-,20+,21?/m1/s1. The molecule has 0 spiro atoms. The molecule has 4 rings (SSSR count). The molecule has 2 amide bonds. The highest BCUT2D eigenvalue weighted by Crippen LogP contribution is 2.34. The molecular formula is C22H29FN2O4. The Balaban J connectivity index is 1.32. The number of halogens is 1. The molecule has 1 aromatic carbocycles. The van der Waals surface area contributed by atoms with E-state index in [9.17, 15) is 14.0 Å². The van der Waals surface area contributed by atoms with Crippen molar-refractivity contribution in [3.63, 3.8) is 0 Å². The fourth-order valence-corrected chi connectivity index (χ4v) is 5.00. The van der Waals surface area contributed by atoms with Crippen molar-refractivity contribution in [1.82, 2.24) is 9.80 Å². The zero-order valence-electron chi connectivity index (χ0n) is 16.9. The molecule has 6 nitrogen and oxygen atoms in total. The van der Waals surface area contributed by atoms with Gasteiger partial charge in [-0.2, -0.15) is 0 Å². The van der Waals surface area contributed by atoms with Gasteiger partial charge in [0, 0.05) is 45.6 Å². The molecule has 3 aliphatic rings. The number of methoxy groups -OCH3 is 1. The normalized spacial score (nSPS) is 26.9. The molecular weight excluding hydrogens is 375 g/mol. The number of benzene rings is 1. The Hall–Kier alpha value is -1.99. The van der Waals surface area contributed by atoms with Gasteiger partial charge in [-0.1, -0.05) is 12.1 Å². The number of ketones is 1. The van der Waals surface area contributed by atoms with Crippen molar-refractivity contribution in [2.45, 2.75) is 37.9 Å². The highest BCUT2D eigenvalue weighted by atomic mass is 19.1. The molecule has 0 aliphatic carbocycles.